The van der Waals surface area contributed by atoms with Gasteiger partial charge in [-0.15, -0.1) is 0 Å². The maximum Gasteiger partial charge on any atom is 0.132 e. The molecule has 0 unspecified atom stereocenters. The van der Waals surface area contributed by atoms with Crippen LogP contribution in [0.1, 0.15) is 30.6 Å². The van der Waals surface area contributed by atoms with Crippen LogP contribution >= 0.6 is 0 Å². The minimum atomic E-state index is -0.960. The summed E-state index contributed by atoms with van der Waals surface area (Å²) in [6, 6.07) is 1.95. The molecule has 20 heavy (non-hydrogen) atoms. The summed E-state index contributed by atoms with van der Waals surface area (Å²) < 4.78 is 0. The highest BCUT2D eigenvalue weighted by molar-refractivity contribution is 5.42. The molecule has 1 fully saturated rings. The summed E-state index contributed by atoms with van der Waals surface area (Å²) in [5, 5.41) is 21.0. The Hall–Kier alpha value is -2.02. The summed E-state index contributed by atoms with van der Waals surface area (Å²) >= 11 is 0. The van der Waals surface area contributed by atoms with Gasteiger partial charge in [0.05, 0.1) is 12.7 Å². The van der Waals surface area contributed by atoms with Gasteiger partial charge in [-0.2, -0.15) is 15.4 Å². The lowest BCUT2D eigenvalue weighted by Crippen LogP contribution is -2.31. The van der Waals surface area contributed by atoms with Gasteiger partial charge in [0.15, 0.2) is 0 Å². The first kappa shape index (κ1) is 13.0. The highest BCUT2D eigenvalue weighted by Crippen LogP contribution is 2.32. The van der Waals surface area contributed by atoms with Gasteiger partial charge in [-0.3, -0.25) is 0 Å². The molecule has 3 rings (SSSR count). The third-order valence-electron chi connectivity index (χ3n) is 3.67. The molecule has 106 valence electrons. The Labute approximate surface area is 117 Å². The standard InChI is InChI=1S/C13H18N6O/c1-3-11-15-9(2)6-12(16-11)19-5-4-13(20,8-19)10-7-14-18-17-10/h6-7,20H,3-5,8H2,1-2H3,(H,14,17,18)/t13-/m1/s1. The van der Waals surface area contributed by atoms with Crippen LogP contribution < -0.4 is 4.90 Å². The molecule has 1 aliphatic rings. The van der Waals surface area contributed by atoms with E-state index < -0.39 is 5.60 Å². The number of aromatic nitrogens is 5. The first-order valence-electron chi connectivity index (χ1n) is 6.79. The van der Waals surface area contributed by atoms with Crippen molar-refractivity contribution in [2.24, 2.45) is 0 Å². The molecule has 3 heterocycles. The van der Waals surface area contributed by atoms with Gasteiger partial charge in [-0.1, -0.05) is 6.92 Å². The number of hydrogen-bond acceptors (Lipinski definition) is 6. The first-order chi connectivity index (χ1) is 9.60. The third-order valence-corrected chi connectivity index (χ3v) is 3.67. The average Bonchev–Trinajstić information content (AvgIpc) is 3.08. The van der Waals surface area contributed by atoms with E-state index in [-0.39, 0.29) is 0 Å². The van der Waals surface area contributed by atoms with E-state index in [1.807, 2.05) is 19.9 Å². The zero-order valence-electron chi connectivity index (χ0n) is 11.7. The van der Waals surface area contributed by atoms with Crippen LogP contribution in [0.5, 0.6) is 0 Å². The Morgan fingerprint density at radius 1 is 1.45 bits per heavy atom. The normalized spacial score (nSPS) is 22.4. The molecule has 0 saturated carbocycles. The summed E-state index contributed by atoms with van der Waals surface area (Å²) in [5.74, 6) is 1.70. The maximum absolute atomic E-state index is 10.7. The molecule has 2 aromatic heterocycles. The Bertz CT molecular complexity index is 599. The maximum atomic E-state index is 10.7. The van der Waals surface area contributed by atoms with Crippen molar-refractivity contribution in [3.8, 4) is 0 Å². The number of rotatable bonds is 3. The largest absolute Gasteiger partial charge is 0.381 e. The summed E-state index contributed by atoms with van der Waals surface area (Å²) in [7, 11) is 0. The molecule has 0 amide bonds. The lowest BCUT2D eigenvalue weighted by atomic mass is 10.0. The zero-order valence-corrected chi connectivity index (χ0v) is 11.7. The van der Waals surface area contributed by atoms with Crippen LogP contribution in [-0.4, -0.2) is 43.6 Å². The highest BCUT2D eigenvalue weighted by atomic mass is 16.3. The number of nitrogens with zero attached hydrogens (tertiary/aromatic N) is 5. The molecule has 1 atom stereocenters. The number of nitrogens with one attached hydrogen (secondary N) is 1. The van der Waals surface area contributed by atoms with E-state index in [9.17, 15) is 5.11 Å². The van der Waals surface area contributed by atoms with Gasteiger partial charge in [0.1, 0.15) is 22.9 Å². The van der Waals surface area contributed by atoms with Crippen LogP contribution in [0.15, 0.2) is 12.3 Å². The van der Waals surface area contributed by atoms with Crippen molar-refractivity contribution in [2.45, 2.75) is 32.3 Å². The van der Waals surface area contributed by atoms with Crippen molar-refractivity contribution in [1.29, 1.82) is 0 Å². The van der Waals surface area contributed by atoms with E-state index in [2.05, 4.69) is 30.3 Å². The van der Waals surface area contributed by atoms with Crippen molar-refractivity contribution in [2.75, 3.05) is 18.0 Å². The molecule has 0 bridgehead atoms. The Morgan fingerprint density at radius 2 is 2.30 bits per heavy atom. The van der Waals surface area contributed by atoms with Gasteiger partial charge in [0.25, 0.3) is 0 Å². The van der Waals surface area contributed by atoms with Gasteiger partial charge in [0, 0.05) is 31.1 Å². The van der Waals surface area contributed by atoms with Crippen molar-refractivity contribution >= 4 is 5.82 Å². The summed E-state index contributed by atoms with van der Waals surface area (Å²) in [6.07, 6.45) is 2.99. The fourth-order valence-electron chi connectivity index (χ4n) is 2.56. The highest BCUT2D eigenvalue weighted by Gasteiger charge is 2.40. The predicted molar refractivity (Wildman–Crippen MR) is 73.3 cm³/mol. The SMILES string of the molecule is CCc1nc(C)cc(N2CC[C@](O)(c3cn[nH]n3)C2)n1. The van der Waals surface area contributed by atoms with Crippen LogP contribution in [0, 0.1) is 6.92 Å². The Morgan fingerprint density at radius 3 is 3.00 bits per heavy atom. The van der Waals surface area contributed by atoms with Crippen molar-refractivity contribution in [1.82, 2.24) is 25.4 Å². The summed E-state index contributed by atoms with van der Waals surface area (Å²) in [6.45, 7) is 5.21. The molecule has 7 heteroatoms. The smallest absolute Gasteiger partial charge is 0.132 e. The van der Waals surface area contributed by atoms with Crippen molar-refractivity contribution in [3.05, 3.63) is 29.5 Å². The number of aryl methyl sites for hydroxylation is 2. The van der Waals surface area contributed by atoms with Gasteiger partial charge >= 0.3 is 0 Å². The predicted octanol–water partition coefficient (Wildman–Crippen LogP) is 0.563. The van der Waals surface area contributed by atoms with E-state index in [1.54, 1.807) is 6.20 Å². The van der Waals surface area contributed by atoms with Crippen molar-refractivity contribution in [3.63, 3.8) is 0 Å². The molecule has 0 spiro atoms. The van der Waals surface area contributed by atoms with Crippen molar-refractivity contribution < 1.29 is 5.11 Å². The lowest BCUT2D eigenvalue weighted by molar-refractivity contribution is 0.0559. The Balaban J connectivity index is 1.85. The van der Waals surface area contributed by atoms with E-state index in [4.69, 9.17) is 0 Å². The second kappa shape index (κ2) is 4.82. The third kappa shape index (κ3) is 2.24. The molecule has 0 aliphatic carbocycles. The minimum absolute atomic E-state index is 0.471. The topological polar surface area (TPSA) is 90.8 Å². The summed E-state index contributed by atoms with van der Waals surface area (Å²) in [4.78, 5) is 11.0. The second-order valence-electron chi connectivity index (χ2n) is 5.20. The average molecular weight is 274 g/mol. The van der Waals surface area contributed by atoms with E-state index in [0.29, 0.717) is 18.7 Å². The molecule has 1 aliphatic heterocycles. The molecule has 1 saturated heterocycles. The van der Waals surface area contributed by atoms with Gasteiger partial charge in [-0.05, 0) is 6.92 Å². The zero-order chi connectivity index (χ0) is 14.2. The molecule has 0 radical (unpaired) electrons. The van der Waals surface area contributed by atoms with E-state index in [0.717, 1.165) is 30.3 Å². The van der Waals surface area contributed by atoms with Gasteiger partial charge in [-0.25, -0.2) is 9.97 Å². The second-order valence-corrected chi connectivity index (χ2v) is 5.20. The molecule has 2 aromatic rings. The number of H-pyrrole nitrogens is 1. The molecule has 2 N–H and O–H groups in total. The molecular formula is C13H18N6O. The quantitative estimate of drug-likeness (QED) is 0.850. The van der Waals surface area contributed by atoms with Crippen LogP contribution in [0.2, 0.25) is 0 Å². The summed E-state index contributed by atoms with van der Waals surface area (Å²) in [5.41, 5.74) is 0.573. The number of anilines is 1. The van der Waals surface area contributed by atoms with Gasteiger partial charge < -0.3 is 10.0 Å². The fourth-order valence-corrected chi connectivity index (χ4v) is 2.56. The molecule has 0 aromatic carbocycles. The fraction of sp³-hybridized carbons (Fsp3) is 0.538. The van der Waals surface area contributed by atoms with Gasteiger partial charge in [0.2, 0.25) is 0 Å². The lowest BCUT2D eigenvalue weighted by Gasteiger charge is -2.22. The van der Waals surface area contributed by atoms with Crippen LogP contribution in [0.4, 0.5) is 5.82 Å². The minimum Gasteiger partial charge on any atom is -0.381 e. The van der Waals surface area contributed by atoms with E-state index in [1.165, 1.54) is 0 Å². The number of aliphatic hydroxyl groups is 1. The number of hydrogen-bond donors (Lipinski definition) is 2. The Kier molecular flexibility index (Phi) is 3.13. The van der Waals surface area contributed by atoms with Crippen LogP contribution in [0.25, 0.3) is 0 Å². The van der Waals surface area contributed by atoms with E-state index >= 15 is 0 Å². The number of aromatic amines is 1. The van der Waals surface area contributed by atoms with Crippen LogP contribution in [0.3, 0.4) is 0 Å². The first-order valence-corrected chi connectivity index (χ1v) is 6.79. The monoisotopic (exact) mass is 274 g/mol. The van der Waals surface area contributed by atoms with Crippen LogP contribution in [-0.2, 0) is 12.0 Å². The molecule has 7 nitrogen and oxygen atoms in total. The molecular weight excluding hydrogens is 256 g/mol. The number of β-amino-alcohol motifs (C(OH)–C–C–N with tert-alkyl or cyclic N) is 1.